The second-order valence-corrected chi connectivity index (χ2v) is 6.98. The number of nitrogens with zero attached hydrogens (tertiary/aromatic N) is 4. The number of methoxy groups -OCH3 is 1. The first-order valence-electron chi connectivity index (χ1n) is 9.45. The Hall–Kier alpha value is -3.15. The van der Waals surface area contributed by atoms with E-state index in [4.69, 9.17) is 5.26 Å². The summed E-state index contributed by atoms with van der Waals surface area (Å²) in [6.07, 6.45) is 0.515. The number of carbonyl (C=O) groups excluding carboxylic acids is 1. The predicted octanol–water partition coefficient (Wildman–Crippen LogP) is 0.690. The Kier molecular flexibility index (Phi) is 6.65. The van der Waals surface area contributed by atoms with Crippen LogP contribution < -0.4 is 10.5 Å². The van der Waals surface area contributed by atoms with Gasteiger partial charge in [0, 0.05) is 44.6 Å². The molecule has 0 saturated carbocycles. The molecule has 1 atom stereocenters. The molecule has 1 N–H and O–H groups in total. The molecule has 0 amide bonds. The molecular formula is C21H24N4O4. The van der Waals surface area contributed by atoms with Crippen molar-refractivity contribution in [1.82, 2.24) is 9.47 Å². The Bertz CT molecular complexity index is 943. The van der Waals surface area contributed by atoms with Gasteiger partial charge in [-0.25, -0.2) is 4.79 Å². The molecule has 2 aromatic rings. The van der Waals surface area contributed by atoms with Crippen molar-refractivity contribution in [2.45, 2.75) is 12.6 Å². The Morgan fingerprint density at radius 1 is 1.21 bits per heavy atom. The number of hydrogen-bond donors (Lipinski definition) is 1. The molecule has 1 aliphatic rings. The minimum atomic E-state index is -0.810. The number of esters is 1. The molecule has 1 saturated heterocycles. The molecule has 2 heterocycles. The van der Waals surface area contributed by atoms with E-state index in [1.807, 2.05) is 18.2 Å². The summed E-state index contributed by atoms with van der Waals surface area (Å²) in [5.74, 6) is -0.637. The molecule has 0 radical (unpaired) electrons. The van der Waals surface area contributed by atoms with Crippen molar-refractivity contribution in [1.29, 1.82) is 5.26 Å². The molecule has 1 aliphatic heterocycles. The fraction of sp³-hybridized carbons (Fsp3) is 0.381. The maximum Gasteiger partial charge on any atom is 0.339 e. The van der Waals surface area contributed by atoms with Crippen LogP contribution in [0.3, 0.4) is 0 Å². The molecule has 8 heteroatoms. The number of aromatic nitrogens is 1. The normalized spacial score (nSPS) is 15.6. The van der Waals surface area contributed by atoms with Crippen LogP contribution in [0, 0.1) is 11.3 Å². The average Bonchev–Trinajstić information content (AvgIpc) is 2.75. The zero-order valence-electron chi connectivity index (χ0n) is 16.3. The van der Waals surface area contributed by atoms with Gasteiger partial charge in [0.25, 0.3) is 5.56 Å². The smallest absolute Gasteiger partial charge is 0.339 e. The van der Waals surface area contributed by atoms with Crippen LogP contribution in [0.1, 0.15) is 15.9 Å². The molecule has 1 aromatic heterocycles. The number of rotatable bonds is 6. The summed E-state index contributed by atoms with van der Waals surface area (Å²) >= 11 is 0. The van der Waals surface area contributed by atoms with Gasteiger partial charge in [-0.3, -0.25) is 9.69 Å². The van der Waals surface area contributed by atoms with Crippen molar-refractivity contribution in [3.63, 3.8) is 0 Å². The minimum Gasteiger partial charge on any atom is -0.465 e. The number of benzene rings is 1. The number of nitriles is 1. The quantitative estimate of drug-likeness (QED) is 0.717. The van der Waals surface area contributed by atoms with Crippen LogP contribution >= 0.6 is 0 Å². The number of aliphatic hydroxyl groups excluding tert-OH is 1. The van der Waals surface area contributed by atoms with Crippen LogP contribution in [0.15, 0.2) is 47.4 Å². The van der Waals surface area contributed by atoms with E-state index in [-0.39, 0.29) is 17.7 Å². The van der Waals surface area contributed by atoms with Crippen molar-refractivity contribution in [3.05, 3.63) is 64.1 Å². The lowest BCUT2D eigenvalue weighted by Gasteiger charge is -2.37. The third-order valence-corrected chi connectivity index (χ3v) is 5.00. The van der Waals surface area contributed by atoms with Gasteiger partial charge < -0.3 is 19.3 Å². The number of piperazine rings is 1. The van der Waals surface area contributed by atoms with E-state index in [2.05, 4.69) is 26.7 Å². The topological polar surface area (TPSA) is 98.8 Å². The second-order valence-electron chi connectivity index (χ2n) is 6.98. The number of ether oxygens (including phenoxy) is 1. The van der Waals surface area contributed by atoms with Crippen LogP contribution in [0.4, 0.5) is 5.69 Å². The summed E-state index contributed by atoms with van der Waals surface area (Å²) in [4.78, 5) is 28.6. The summed E-state index contributed by atoms with van der Waals surface area (Å²) in [6, 6.07) is 13.2. The summed E-state index contributed by atoms with van der Waals surface area (Å²) in [7, 11) is 1.23. The lowest BCUT2D eigenvalue weighted by molar-refractivity contribution is 0.0597. The molecule has 3 rings (SSSR count). The highest BCUT2D eigenvalue weighted by molar-refractivity contribution is 5.89. The Labute approximate surface area is 169 Å². The van der Waals surface area contributed by atoms with Gasteiger partial charge >= 0.3 is 5.97 Å². The van der Waals surface area contributed by atoms with E-state index in [0.29, 0.717) is 6.54 Å². The second kappa shape index (κ2) is 9.37. The highest BCUT2D eigenvalue weighted by atomic mass is 16.5. The predicted molar refractivity (Wildman–Crippen MR) is 108 cm³/mol. The summed E-state index contributed by atoms with van der Waals surface area (Å²) < 4.78 is 5.87. The van der Waals surface area contributed by atoms with Crippen molar-refractivity contribution < 1.29 is 14.6 Å². The Morgan fingerprint density at radius 2 is 1.90 bits per heavy atom. The monoisotopic (exact) mass is 396 g/mol. The molecule has 1 unspecified atom stereocenters. The van der Waals surface area contributed by atoms with Crippen LogP contribution in [0.25, 0.3) is 0 Å². The number of carbonyl (C=O) groups is 1. The van der Waals surface area contributed by atoms with Gasteiger partial charge in [-0.1, -0.05) is 18.2 Å². The van der Waals surface area contributed by atoms with Gasteiger partial charge in [0.05, 0.1) is 25.3 Å². The van der Waals surface area contributed by atoms with E-state index < -0.39 is 17.6 Å². The number of aliphatic hydroxyl groups is 1. The van der Waals surface area contributed by atoms with Crippen LogP contribution in [-0.4, -0.2) is 66.5 Å². The number of anilines is 1. The van der Waals surface area contributed by atoms with Crippen molar-refractivity contribution in [2.75, 3.05) is 44.7 Å². The van der Waals surface area contributed by atoms with Crippen LogP contribution in [0.2, 0.25) is 0 Å². The molecule has 0 aliphatic carbocycles. The maximum absolute atomic E-state index is 12.3. The lowest BCUT2D eigenvalue weighted by atomic mass is 10.2. The summed E-state index contributed by atoms with van der Waals surface area (Å²) in [5.41, 5.74) is 0.597. The third-order valence-electron chi connectivity index (χ3n) is 5.00. The largest absolute Gasteiger partial charge is 0.465 e. The zero-order valence-corrected chi connectivity index (χ0v) is 16.3. The maximum atomic E-state index is 12.3. The molecule has 152 valence electrons. The Balaban J connectivity index is 1.61. The SMILES string of the molecule is COC(=O)c1cc(C#N)c(=O)n(CC(O)CN2CCN(c3ccccc3)CC2)c1. The molecular weight excluding hydrogens is 372 g/mol. The highest BCUT2D eigenvalue weighted by Gasteiger charge is 2.21. The fourth-order valence-electron chi connectivity index (χ4n) is 3.49. The summed E-state index contributed by atoms with van der Waals surface area (Å²) in [6.45, 7) is 3.70. The number of hydrogen-bond acceptors (Lipinski definition) is 7. The highest BCUT2D eigenvalue weighted by Crippen LogP contribution is 2.15. The van der Waals surface area contributed by atoms with Gasteiger partial charge in [0.15, 0.2) is 0 Å². The number of β-amino-alcohol motifs (C(OH)–C–C–N with tert-alkyl or cyclic N) is 1. The fourth-order valence-corrected chi connectivity index (χ4v) is 3.49. The van der Waals surface area contributed by atoms with Crippen LogP contribution in [0.5, 0.6) is 0 Å². The molecule has 1 fully saturated rings. The van der Waals surface area contributed by atoms with Crippen LogP contribution in [-0.2, 0) is 11.3 Å². The minimum absolute atomic E-state index is 0.00273. The number of para-hydroxylation sites is 1. The standard InChI is InChI=1S/C21H24N4O4/c1-29-21(28)17-11-16(12-22)20(27)25(13-17)15-19(26)14-23-7-9-24(10-8-23)18-5-3-2-4-6-18/h2-6,11,13,19,26H,7-10,14-15H2,1H3. The molecule has 1 aromatic carbocycles. The molecule has 0 bridgehead atoms. The van der Waals surface area contributed by atoms with Crippen molar-refractivity contribution >= 4 is 11.7 Å². The first-order valence-corrected chi connectivity index (χ1v) is 9.45. The van der Waals surface area contributed by atoms with Gasteiger partial charge in [-0.05, 0) is 18.2 Å². The molecule has 8 nitrogen and oxygen atoms in total. The van der Waals surface area contributed by atoms with Gasteiger partial charge in [0.1, 0.15) is 11.6 Å². The number of pyridine rings is 1. The zero-order chi connectivity index (χ0) is 20.8. The third kappa shape index (κ3) is 5.02. The van der Waals surface area contributed by atoms with Gasteiger partial charge in [0.2, 0.25) is 0 Å². The van der Waals surface area contributed by atoms with E-state index in [1.54, 1.807) is 6.07 Å². The van der Waals surface area contributed by atoms with Crippen molar-refractivity contribution in [3.8, 4) is 6.07 Å². The van der Waals surface area contributed by atoms with Gasteiger partial charge in [-0.2, -0.15) is 5.26 Å². The first kappa shape index (κ1) is 20.6. The van der Waals surface area contributed by atoms with E-state index >= 15 is 0 Å². The van der Waals surface area contributed by atoms with E-state index in [1.165, 1.54) is 29.6 Å². The van der Waals surface area contributed by atoms with Gasteiger partial charge in [-0.15, -0.1) is 0 Å². The molecule has 0 spiro atoms. The van der Waals surface area contributed by atoms with E-state index in [0.717, 1.165) is 26.2 Å². The average molecular weight is 396 g/mol. The Morgan fingerprint density at radius 3 is 2.52 bits per heavy atom. The lowest BCUT2D eigenvalue weighted by Crippen LogP contribution is -2.49. The summed E-state index contributed by atoms with van der Waals surface area (Å²) in [5, 5.41) is 19.6. The first-order chi connectivity index (χ1) is 14.0. The van der Waals surface area contributed by atoms with Crippen molar-refractivity contribution in [2.24, 2.45) is 0 Å². The molecule has 29 heavy (non-hydrogen) atoms. The van der Waals surface area contributed by atoms with E-state index in [9.17, 15) is 14.7 Å².